The van der Waals surface area contributed by atoms with Gasteiger partial charge in [0.05, 0.1) is 5.69 Å². The number of carbonyl (C=O) groups is 1. The average molecular weight is 293 g/mol. The number of aromatic nitrogens is 1. The highest BCUT2D eigenvalue weighted by Gasteiger charge is 2.34. The Balaban J connectivity index is 1.93. The second-order valence-corrected chi connectivity index (χ2v) is 6.84. The number of nitrogens with zero attached hydrogens (tertiary/aromatic N) is 2. The van der Waals surface area contributed by atoms with Gasteiger partial charge in [0.25, 0.3) is 0 Å². The number of anilines is 1. The molecule has 2 rings (SSSR count). The summed E-state index contributed by atoms with van der Waals surface area (Å²) in [4.78, 5) is 13.9. The lowest BCUT2D eigenvalue weighted by Crippen LogP contribution is -2.36. The number of hydrogen-bond donors (Lipinski definition) is 1. The molecule has 0 unspecified atom stereocenters. The molecule has 0 aliphatic carbocycles. The Kier molecular flexibility index (Phi) is 4.49. The maximum absolute atomic E-state index is 12.1. The van der Waals surface area contributed by atoms with E-state index < -0.39 is 5.60 Å². The second-order valence-electron chi connectivity index (χ2n) is 6.84. The smallest absolute Gasteiger partial charge is 0.410 e. The summed E-state index contributed by atoms with van der Waals surface area (Å²) in [5.41, 5.74) is 0.671. The SMILES string of the molecule is CCn1ccc(N[C@H]2CN(C(=O)OC(C)(C)C)C[C@@H]2C)c1. The van der Waals surface area contributed by atoms with Crippen LogP contribution >= 0.6 is 0 Å². The van der Waals surface area contributed by atoms with E-state index >= 15 is 0 Å². The molecule has 0 aromatic carbocycles. The monoisotopic (exact) mass is 293 g/mol. The first-order valence-corrected chi connectivity index (χ1v) is 7.68. The molecule has 5 nitrogen and oxygen atoms in total. The van der Waals surface area contributed by atoms with E-state index in [-0.39, 0.29) is 12.1 Å². The zero-order chi connectivity index (χ0) is 15.6. The van der Waals surface area contributed by atoms with Gasteiger partial charge in [-0.05, 0) is 39.7 Å². The van der Waals surface area contributed by atoms with Gasteiger partial charge in [0.2, 0.25) is 0 Å². The molecule has 1 amide bonds. The Morgan fingerprint density at radius 3 is 2.71 bits per heavy atom. The van der Waals surface area contributed by atoms with Crippen molar-refractivity contribution in [3.63, 3.8) is 0 Å². The molecule has 0 saturated carbocycles. The number of hydrogen-bond acceptors (Lipinski definition) is 3. The average Bonchev–Trinajstić information content (AvgIpc) is 2.95. The number of carbonyl (C=O) groups excluding carboxylic acids is 1. The molecular weight excluding hydrogens is 266 g/mol. The summed E-state index contributed by atoms with van der Waals surface area (Å²) in [6.07, 6.45) is 3.95. The fourth-order valence-electron chi connectivity index (χ4n) is 2.57. The summed E-state index contributed by atoms with van der Waals surface area (Å²) < 4.78 is 7.58. The molecule has 1 fully saturated rings. The highest BCUT2D eigenvalue weighted by atomic mass is 16.6. The minimum Gasteiger partial charge on any atom is -0.444 e. The Bertz CT molecular complexity index is 490. The number of aryl methyl sites for hydroxylation is 1. The van der Waals surface area contributed by atoms with Gasteiger partial charge in [-0.25, -0.2) is 4.79 Å². The van der Waals surface area contributed by atoms with E-state index in [2.05, 4.69) is 42.2 Å². The molecule has 21 heavy (non-hydrogen) atoms. The van der Waals surface area contributed by atoms with E-state index in [4.69, 9.17) is 4.74 Å². The Morgan fingerprint density at radius 1 is 1.43 bits per heavy atom. The van der Waals surface area contributed by atoms with Gasteiger partial charge in [-0.2, -0.15) is 0 Å². The van der Waals surface area contributed by atoms with E-state index in [0.717, 1.165) is 18.8 Å². The van der Waals surface area contributed by atoms with E-state index in [1.54, 1.807) is 4.90 Å². The van der Waals surface area contributed by atoms with Gasteiger partial charge in [-0.3, -0.25) is 0 Å². The fourth-order valence-corrected chi connectivity index (χ4v) is 2.57. The van der Waals surface area contributed by atoms with Crippen molar-refractivity contribution in [2.24, 2.45) is 5.92 Å². The van der Waals surface area contributed by atoms with Crippen LogP contribution in [0, 0.1) is 5.92 Å². The standard InChI is InChI=1S/C16H27N3O2/c1-6-18-8-7-13(10-18)17-14-11-19(9-12(14)2)15(20)21-16(3,4)5/h7-8,10,12,14,17H,6,9,11H2,1-5H3/t12-,14-/m0/s1. The molecule has 1 N–H and O–H groups in total. The van der Waals surface area contributed by atoms with Crippen LogP contribution in [-0.2, 0) is 11.3 Å². The van der Waals surface area contributed by atoms with Gasteiger partial charge in [0.15, 0.2) is 0 Å². The van der Waals surface area contributed by atoms with Gasteiger partial charge in [-0.15, -0.1) is 0 Å². The Labute approximate surface area is 127 Å². The number of nitrogens with one attached hydrogen (secondary N) is 1. The van der Waals surface area contributed by atoms with E-state index in [0.29, 0.717) is 12.5 Å². The van der Waals surface area contributed by atoms with Crippen LogP contribution in [-0.4, -0.2) is 40.3 Å². The Morgan fingerprint density at radius 2 is 2.14 bits per heavy atom. The van der Waals surface area contributed by atoms with Gasteiger partial charge in [0.1, 0.15) is 5.60 Å². The first kappa shape index (κ1) is 15.7. The lowest BCUT2D eigenvalue weighted by Gasteiger charge is -2.24. The maximum Gasteiger partial charge on any atom is 0.410 e. The molecule has 2 heterocycles. The summed E-state index contributed by atoms with van der Waals surface area (Å²) in [5.74, 6) is 0.405. The molecule has 5 heteroatoms. The van der Waals surface area contributed by atoms with Crippen molar-refractivity contribution in [2.45, 2.75) is 52.8 Å². The summed E-state index contributed by atoms with van der Waals surface area (Å²) in [6, 6.07) is 2.34. The molecule has 1 aromatic rings. The van der Waals surface area contributed by atoms with Crippen LogP contribution in [0.4, 0.5) is 10.5 Å². The number of likely N-dealkylation sites (tertiary alicyclic amines) is 1. The second kappa shape index (κ2) is 6.00. The van der Waals surface area contributed by atoms with Crippen LogP contribution in [0.25, 0.3) is 0 Å². The number of ether oxygens (including phenoxy) is 1. The van der Waals surface area contributed by atoms with E-state index in [1.807, 2.05) is 20.8 Å². The minimum absolute atomic E-state index is 0.218. The van der Waals surface area contributed by atoms with Crippen LogP contribution in [0.15, 0.2) is 18.5 Å². The summed E-state index contributed by atoms with van der Waals surface area (Å²) in [5, 5.41) is 3.52. The Hall–Kier alpha value is -1.65. The molecule has 118 valence electrons. The third kappa shape index (κ3) is 4.16. The molecule has 1 aliphatic heterocycles. The molecule has 1 saturated heterocycles. The topological polar surface area (TPSA) is 46.5 Å². The van der Waals surface area contributed by atoms with Crippen LogP contribution in [0.3, 0.4) is 0 Å². The molecule has 1 aliphatic rings. The van der Waals surface area contributed by atoms with Crippen LogP contribution < -0.4 is 5.32 Å². The largest absolute Gasteiger partial charge is 0.444 e. The van der Waals surface area contributed by atoms with Gasteiger partial charge >= 0.3 is 6.09 Å². The third-order valence-corrected chi connectivity index (χ3v) is 3.73. The molecule has 1 aromatic heterocycles. The van der Waals surface area contributed by atoms with Gasteiger partial charge in [0, 0.05) is 38.1 Å². The first-order valence-electron chi connectivity index (χ1n) is 7.68. The molecular formula is C16H27N3O2. The van der Waals surface area contributed by atoms with E-state index in [9.17, 15) is 4.79 Å². The number of rotatable bonds is 3. The zero-order valence-electron chi connectivity index (χ0n) is 13.7. The predicted octanol–water partition coefficient (Wildman–Crippen LogP) is 3.18. The van der Waals surface area contributed by atoms with Crippen molar-refractivity contribution in [1.82, 2.24) is 9.47 Å². The third-order valence-electron chi connectivity index (χ3n) is 3.73. The highest BCUT2D eigenvalue weighted by molar-refractivity contribution is 5.68. The molecule has 0 radical (unpaired) electrons. The lowest BCUT2D eigenvalue weighted by atomic mass is 10.1. The lowest BCUT2D eigenvalue weighted by molar-refractivity contribution is 0.0288. The fraction of sp³-hybridized carbons (Fsp3) is 0.688. The molecule has 0 spiro atoms. The van der Waals surface area contributed by atoms with Crippen LogP contribution in [0.2, 0.25) is 0 Å². The highest BCUT2D eigenvalue weighted by Crippen LogP contribution is 2.23. The summed E-state index contributed by atoms with van der Waals surface area (Å²) in [7, 11) is 0. The zero-order valence-corrected chi connectivity index (χ0v) is 13.7. The summed E-state index contributed by atoms with van der Waals surface area (Å²) in [6.45, 7) is 12.4. The van der Waals surface area contributed by atoms with Crippen molar-refractivity contribution in [2.75, 3.05) is 18.4 Å². The maximum atomic E-state index is 12.1. The van der Waals surface area contributed by atoms with Crippen LogP contribution in [0.1, 0.15) is 34.6 Å². The van der Waals surface area contributed by atoms with Crippen molar-refractivity contribution >= 4 is 11.8 Å². The van der Waals surface area contributed by atoms with Crippen LogP contribution in [0.5, 0.6) is 0 Å². The predicted molar refractivity (Wildman–Crippen MR) is 84.5 cm³/mol. The van der Waals surface area contributed by atoms with E-state index in [1.165, 1.54) is 0 Å². The van der Waals surface area contributed by atoms with Crippen molar-refractivity contribution in [3.05, 3.63) is 18.5 Å². The normalized spacial score (nSPS) is 22.4. The minimum atomic E-state index is -0.440. The van der Waals surface area contributed by atoms with Crippen molar-refractivity contribution in [3.8, 4) is 0 Å². The van der Waals surface area contributed by atoms with Crippen molar-refractivity contribution in [1.29, 1.82) is 0 Å². The van der Waals surface area contributed by atoms with Gasteiger partial charge in [-0.1, -0.05) is 6.92 Å². The summed E-state index contributed by atoms with van der Waals surface area (Å²) >= 11 is 0. The molecule has 0 bridgehead atoms. The first-order chi connectivity index (χ1) is 9.78. The van der Waals surface area contributed by atoms with Crippen molar-refractivity contribution < 1.29 is 9.53 Å². The van der Waals surface area contributed by atoms with Gasteiger partial charge < -0.3 is 19.5 Å². The molecule has 2 atom stereocenters. The number of amides is 1. The quantitative estimate of drug-likeness (QED) is 0.931.